The van der Waals surface area contributed by atoms with E-state index in [1.165, 1.54) is 18.5 Å². The van der Waals surface area contributed by atoms with Crippen molar-refractivity contribution in [2.45, 2.75) is 31.5 Å². The third-order valence-electron chi connectivity index (χ3n) is 5.86. The molecule has 8 nitrogen and oxygen atoms in total. The number of aryl methyl sites for hydroxylation is 1. The Morgan fingerprint density at radius 3 is 2.65 bits per heavy atom. The van der Waals surface area contributed by atoms with Gasteiger partial charge >= 0.3 is 0 Å². The number of aliphatic hydroxyl groups excluding tert-OH is 1. The summed E-state index contributed by atoms with van der Waals surface area (Å²) in [6.07, 6.45) is 1.62. The van der Waals surface area contributed by atoms with E-state index in [2.05, 4.69) is 19.6 Å². The van der Waals surface area contributed by atoms with Crippen molar-refractivity contribution in [1.29, 1.82) is 0 Å². The first-order chi connectivity index (χ1) is 17.3. The van der Waals surface area contributed by atoms with Crippen LogP contribution in [-0.2, 0) is 14.5 Å². The quantitative estimate of drug-likeness (QED) is 0.349. The van der Waals surface area contributed by atoms with Crippen molar-refractivity contribution in [1.82, 2.24) is 9.97 Å². The number of nitrogens with one attached hydrogen (secondary N) is 1. The molecule has 3 atom stereocenters. The molecule has 1 aromatic heterocycles. The second kappa shape index (κ2) is 10.8. The van der Waals surface area contributed by atoms with Crippen LogP contribution >= 0.6 is 0 Å². The van der Waals surface area contributed by atoms with Crippen LogP contribution in [-0.4, -0.2) is 51.0 Å². The van der Waals surface area contributed by atoms with Gasteiger partial charge in [-0.1, -0.05) is 25.6 Å². The molecule has 194 valence electrons. The van der Waals surface area contributed by atoms with E-state index in [1.807, 2.05) is 31.2 Å². The van der Waals surface area contributed by atoms with E-state index in [4.69, 9.17) is 9.47 Å². The average molecular weight is 525 g/mol. The lowest BCUT2D eigenvalue weighted by molar-refractivity contribution is 0.0736. The number of nitrogens with zero attached hydrogens (tertiary/aromatic N) is 3. The summed E-state index contributed by atoms with van der Waals surface area (Å²) < 4.78 is 42.9. The van der Waals surface area contributed by atoms with Gasteiger partial charge < -0.3 is 19.9 Å². The molecule has 0 saturated carbocycles. The van der Waals surface area contributed by atoms with Gasteiger partial charge in [0.05, 0.1) is 39.8 Å². The van der Waals surface area contributed by atoms with E-state index in [1.54, 1.807) is 30.5 Å². The number of aliphatic hydroxyl groups is 1. The van der Waals surface area contributed by atoms with Crippen LogP contribution in [0.25, 0.3) is 10.9 Å². The van der Waals surface area contributed by atoms with Gasteiger partial charge in [-0.05, 0) is 48.9 Å². The normalized spacial score (nSPS) is 18.6. The maximum Gasteiger partial charge on any atom is 0.150 e. The number of benzene rings is 3. The first-order valence-electron chi connectivity index (χ1n) is 11.3. The number of hydrogen-bond acceptors (Lipinski definition) is 8. The number of hydrogen-bond donors (Lipinski definition) is 2. The van der Waals surface area contributed by atoms with Crippen molar-refractivity contribution < 1.29 is 23.2 Å². The maximum absolute atomic E-state index is 14.0. The molecule has 0 unspecified atom stereocenters. The number of anilines is 2. The van der Waals surface area contributed by atoms with E-state index in [0.29, 0.717) is 27.6 Å². The minimum absolute atomic E-state index is 0. The predicted molar refractivity (Wildman–Crippen MR) is 143 cm³/mol. The summed E-state index contributed by atoms with van der Waals surface area (Å²) in [6, 6.07) is 16.8. The Kier molecular flexibility index (Phi) is 7.72. The lowest BCUT2D eigenvalue weighted by Gasteiger charge is -2.19. The molecule has 0 aliphatic carbocycles. The van der Waals surface area contributed by atoms with E-state index in [-0.39, 0.29) is 26.4 Å². The van der Waals surface area contributed by atoms with Crippen LogP contribution in [0.5, 0.6) is 5.75 Å². The fraction of sp³-hybridized carbons (Fsp3) is 0.259. The average Bonchev–Trinajstić information content (AvgIpc) is 3.25. The Hall–Kier alpha value is -3.60. The highest BCUT2D eigenvalue weighted by Crippen LogP contribution is 2.35. The minimum Gasteiger partial charge on any atom is -0.483 e. The van der Waals surface area contributed by atoms with E-state index in [0.717, 1.165) is 10.9 Å². The molecular formula is C27H29FN4O4S. The minimum atomic E-state index is -2.65. The van der Waals surface area contributed by atoms with Gasteiger partial charge in [0.25, 0.3) is 0 Å². The lowest BCUT2D eigenvalue weighted by Crippen LogP contribution is -2.30. The number of aromatic nitrogens is 2. The topological polar surface area (TPSA) is 106 Å². The second-order valence-electron chi connectivity index (χ2n) is 8.61. The van der Waals surface area contributed by atoms with Gasteiger partial charge in [-0.15, -0.1) is 0 Å². The third kappa shape index (κ3) is 5.71. The Labute approximate surface area is 215 Å². The smallest absolute Gasteiger partial charge is 0.150 e. The van der Waals surface area contributed by atoms with Crippen LogP contribution in [0, 0.1) is 12.7 Å². The van der Waals surface area contributed by atoms with Gasteiger partial charge in [0.2, 0.25) is 0 Å². The van der Waals surface area contributed by atoms with Crippen LogP contribution in [0.1, 0.15) is 13.0 Å². The number of fused-ring (bicyclic) bond motifs is 1. The highest BCUT2D eigenvalue weighted by atomic mass is 32.2. The number of halogens is 1. The Morgan fingerprint density at radius 2 is 1.92 bits per heavy atom. The summed E-state index contributed by atoms with van der Waals surface area (Å²) in [4.78, 5) is 9.43. The summed E-state index contributed by atoms with van der Waals surface area (Å²) in [5, 5.41) is 14.0. The molecule has 10 heteroatoms. The summed E-state index contributed by atoms with van der Waals surface area (Å²) >= 11 is 0. The van der Waals surface area contributed by atoms with Crippen LogP contribution < -0.4 is 10.1 Å². The van der Waals surface area contributed by atoms with Gasteiger partial charge in [-0.2, -0.15) is 4.36 Å². The van der Waals surface area contributed by atoms with Crippen molar-refractivity contribution in [3.63, 3.8) is 0 Å². The molecule has 0 radical (unpaired) electrons. The van der Waals surface area contributed by atoms with Gasteiger partial charge in [0.15, 0.2) is 6.10 Å². The fourth-order valence-corrected chi connectivity index (χ4v) is 5.35. The number of ether oxygens (including phenoxy) is 2. The molecule has 2 heterocycles. The van der Waals surface area contributed by atoms with Gasteiger partial charge in [0.1, 0.15) is 29.8 Å². The van der Waals surface area contributed by atoms with Crippen LogP contribution in [0.15, 0.2) is 76.2 Å². The molecule has 0 spiro atoms. The Morgan fingerprint density at radius 1 is 1.14 bits per heavy atom. The zero-order valence-corrected chi connectivity index (χ0v) is 20.5. The molecule has 4 aromatic rings. The monoisotopic (exact) mass is 524 g/mol. The zero-order valence-electron chi connectivity index (χ0n) is 19.7. The molecule has 1 fully saturated rings. The van der Waals surface area contributed by atoms with Gasteiger partial charge in [0, 0.05) is 22.6 Å². The first-order valence-corrected chi connectivity index (χ1v) is 13.2. The summed E-state index contributed by atoms with van der Waals surface area (Å²) in [6.45, 7) is 2.27. The number of rotatable bonds is 6. The summed E-state index contributed by atoms with van der Waals surface area (Å²) in [5.74, 6) is 0.249. The molecule has 37 heavy (non-hydrogen) atoms. The third-order valence-corrected chi connectivity index (χ3v) is 7.56. The van der Waals surface area contributed by atoms with E-state index < -0.39 is 27.8 Å². The summed E-state index contributed by atoms with van der Waals surface area (Å²) in [5.41, 5.74) is 2.45. The van der Waals surface area contributed by atoms with Crippen molar-refractivity contribution in [3.05, 3.63) is 78.4 Å². The van der Waals surface area contributed by atoms with Gasteiger partial charge in [-0.3, -0.25) is 0 Å². The molecule has 0 bridgehead atoms. The van der Waals surface area contributed by atoms with E-state index >= 15 is 0 Å². The van der Waals surface area contributed by atoms with Crippen molar-refractivity contribution in [2.75, 3.05) is 24.8 Å². The maximum atomic E-state index is 14.0. The SMILES string of the molecule is C.Cc1cc(N=[S@@](C)(=O)c2ccccc2)cc2ncnc(Nc3ccc(F)cc3O[C@@H]3COC[C@@H]3O)c12. The zero-order chi connectivity index (χ0) is 25.3. The Balaban J connectivity index is 0.00000320. The Bertz CT molecular complexity index is 1540. The van der Waals surface area contributed by atoms with Crippen molar-refractivity contribution in [3.8, 4) is 5.75 Å². The highest BCUT2D eigenvalue weighted by molar-refractivity contribution is 7.93. The van der Waals surface area contributed by atoms with E-state index in [9.17, 15) is 13.7 Å². The molecule has 0 amide bonds. The second-order valence-corrected chi connectivity index (χ2v) is 10.9. The molecule has 5 rings (SSSR count). The largest absolute Gasteiger partial charge is 0.483 e. The summed E-state index contributed by atoms with van der Waals surface area (Å²) in [7, 11) is -2.65. The molecular weight excluding hydrogens is 495 g/mol. The first kappa shape index (κ1) is 26.5. The predicted octanol–water partition coefficient (Wildman–Crippen LogP) is 5.38. The van der Waals surface area contributed by atoms with Crippen LogP contribution in [0.3, 0.4) is 0 Å². The molecule has 1 aliphatic heterocycles. The molecule has 1 aliphatic rings. The molecule has 2 N–H and O–H groups in total. The molecule has 1 saturated heterocycles. The highest BCUT2D eigenvalue weighted by Gasteiger charge is 2.29. The van der Waals surface area contributed by atoms with Crippen molar-refractivity contribution >= 4 is 37.8 Å². The van der Waals surface area contributed by atoms with Crippen LogP contribution in [0.2, 0.25) is 0 Å². The standard InChI is InChI=1S/C26H25FN4O4S.CH4/c1-16-10-18(31-36(2,33)19-6-4-3-5-7-19)12-21-25(16)26(29-15-28-21)30-20-9-8-17(27)11-23(20)35-24-14-34-13-22(24)32;/h3-12,15,22,24,32H,13-14H2,1-2H3,(H,28,29,30);1H4/t22-,24+,36-;/m0./s1. The lowest BCUT2D eigenvalue weighted by atomic mass is 10.1. The molecule has 3 aromatic carbocycles. The van der Waals surface area contributed by atoms with Crippen LogP contribution in [0.4, 0.5) is 21.6 Å². The fourth-order valence-electron chi connectivity index (χ4n) is 4.07. The van der Waals surface area contributed by atoms with Crippen molar-refractivity contribution in [2.24, 2.45) is 4.36 Å². The van der Waals surface area contributed by atoms with Gasteiger partial charge in [-0.25, -0.2) is 18.6 Å².